The SMILES string of the molecule is CC(C)NC(=O)CN1CCN(C(=O)CCc2nc(-c3ccc(C(C)C)cc3)no2)CC1. The number of aromatic nitrogens is 2. The molecule has 1 aromatic carbocycles. The topological polar surface area (TPSA) is 91.6 Å². The summed E-state index contributed by atoms with van der Waals surface area (Å²) in [4.78, 5) is 32.8. The van der Waals surface area contributed by atoms with Gasteiger partial charge in [-0.05, 0) is 25.3 Å². The Labute approximate surface area is 184 Å². The van der Waals surface area contributed by atoms with Crippen molar-refractivity contribution in [2.75, 3.05) is 32.7 Å². The van der Waals surface area contributed by atoms with Crippen LogP contribution < -0.4 is 5.32 Å². The zero-order valence-corrected chi connectivity index (χ0v) is 18.9. The molecule has 1 aromatic heterocycles. The van der Waals surface area contributed by atoms with Gasteiger partial charge in [0.05, 0.1) is 6.54 Å². The van der Waals surface area contributed by atoms with Gasteiger partial charge in [-0.3, -0.25) is 14.5 Å². The summed E-state index contributed by atoms with van der Waals surface area (Å²) in [6.45, 7) is 11.2. The molecule has 2 amide bonds. The second kappa shape index (κ2) is 10.5. The van der Waals surface area contributed by atoms with Gasteiger partial charge >= 0.3 is 0 Å². The highest BCUT2D eigenvalue weighted by Gasteiger charge is 2.23. The Morgan fingerprint density at radius 3 is 2.35 bits per heavy atom. The molecule has 1 saturated heterocycles. The van der Waals surface area contributed by atoms with Crippen LogP contribution in [0, 0.1) is 0 Å². The number of nitrogens with zero attached hydrogens (tertiary/aromatic N) is 4. The minimum absolute atomic E-state index is 0.0285. The smallest absolute Gasteiger partial charge is 0.234 e. The van der Waals surface area contributed by atoms with Gasteiger partial charge in [-0.15, -0.1) is 0 Å². The Kier molecular flexibility index (Phi) is 7.79. The monoisotopic (exact) mass is 427 g/mol. The van der Waals surface area contributed by atoms with Crippen LogP contribution in [0.4, 0.5) is 0 Å². The number of carbonyl (C=O) groups is 2. The molecule has 0 spiro atoms. The van der Waals surface area contributed by atoms with Gasteiger partial charge < -0.3 is 14.7 Å². The largest absolute Gasteiger partial charge is 0.353 e. The fraction of sp³-hybridized carbons (Fsp3) is 0.565. The Hall–Kier alpha value is -2.74. The van der Waals surface area contributed by atoms with Crippen molar-refractivity contribution in [3.8, 4) is 11.4 Å². The van der Waals surface area contributed by atoms with E-state index in [9.17, 15) is 9.59 Å². The molecule has 0 aliphatic carbocycles. The molecular formula is C23H33N5O3. The van der Waals surface area contributed by atoms with E-state index in [1.165, 1.54) is 5.56 Å². The molecule has 1 N–H and O–H groups in total. The maximum atomic E-state index is 12.6. The zero-order chi connectivity index (χ0) is 22.4. The quantitative estimate of drug-likeness (QED) is 0.696. The number of amides is 2. The van der Waals surface area contributed by atoms with Gasteiger partial charge in [0, 0.05) is 50.6 Å². The first-order valence-corrected chi connectivity index (χ1v) is 11.0. The molecule has 1 aliphatic heterocycles. The molecular weight excluding hydrogens is 394 g/mol. The highest BCUT2D eigenvalue weighted by Crippen LogP contribution is 2.21. The van der Waals surface area contributed by atoms with Crippen molar-refractivity contribution in [3.63, 3.8) is 0 Å². The number of nitrogens with one attached hydrogen (secondary N) is 1. The fourth-order valence-corrected chi connectivity index (χ4v) is 3.59. The summed E-state index contributed by atoms with van der Waals surface area (Å²) in [7, 11) is 0. The van der Waals surface area contributed by atoms with Crippen molar-refractivity contribution in [1.29, 1.82) is 0 Å². The average molecular weight is 428 g/mol. The summed E-state index contributed by atoms with van der Waals surface area (Å²) in [5.74, 6) is 1.60. The lowest BCUT2D eigenvalue weighted by molar-refractivity contribution is -0.133. The van der Waals surface area contributed by atoms with Gasteiger partial charge in [0.1, 0.15) is 0 Å². The third-order valence-electron chi connectivity index (χ3n) is 5.40. The molecule has 0 atom stereocenters. The average Bonchev–Trinajstić information content (AvgIpc) is 3.21. The Morgan fingerprint density at radius 2 is 1.74 bits per heavy atom. The summed E-state index contributed by atoms with van der Waals surface area (Å²) < 4.78 is 5.34. The number of aryl methyl sites for hydroxylation is 1. The van der Waals surface area contributed by atoms with Crippen molar-refractivity contribution in [1.82, 2.24) is 25.3 Å². The lowest BCUT2D eigenvalue weighted by Crippen LogP contribution is -2.51. The van der Waals surface area contributed by atoms with Gasteiger partial charge in [0.15, 0.2) is 0 Å². The molecule has 31 heavy (non-hydrogen) atoms. The van der Waals surface area contributed by atoms with E-state index in [4.69, 9.17) is 4.52 Å². The third-order valence-corrected chi connectivity index (χ3v) is 5.40. The van der Waals surface area contributed by atoms with Crippen molar-refractivity contribution >= 4 is 11.8 Å². The number of hydrogen-bond acceptors (Lipinski definition) is 6. The van der Waals surface area contributed by atoms with Crippen molar-refractivity contribution in [2.45, 2.75) is 52.5 Å². The lowest BCUT2D eigenvalue weighted by atomic mass is 10.0. The van der Waals surface area contributed by atoms with Crippen molar-refractivity contribution < 1.29 is 14.1 Å². The minimum Gasteiger partial charge on any atom is -0.353 e. The van der Waals surface area contributed by atoms with Crippen LogP contribution >= 0.6 is 0 Å². The summed E-state index contributed by atoms with van der Waals surface area (Å²) in [6.07, 6.45) is 0.759. The third kappa shape index (κ3) is 6.62. The number of rotatable bonds is 8. The summed E-state index contributed by atoms with van der Waals surface area (Å²) >= 11 is 0. The van der Waals surface area contributed by atoms with E-state index in [0.717, 1.165) is 5.56 Å². The molecule has 1 aliphatic rings. The maximum absolute atomic E-state index is 12.6. The zero-order valence-electron chi connectivity index (χ0n) is 18.9. The summed E-state index contributed by atoms with van der Waals surface area (Å²) in [5, 5.41) is 6.95. The van der Waals surface area contributed by atoms with Crippen LogP contribution in [0.15, 0.2) is 28.8 Å². The van der Waals surface area contributed by atoms with E-state index in [0.29, 0.717) is 63.2 Å². The minimum atomic E-state index is 0.0285. The van der Waals surface area contributed by atoms with E-state index < -0.39 is 0 Å². The second-order valence-electron chi connectivity index (χ2n) is 8.67. The summed E-state index contributed by atoms with van der Waals surface area (Å²) in [6, 6.07) is 8.28. The molecule has 8 nitrogen and oxygen atoms in total. The van der Waals surface area contributed by atoms with Crippen molar-refractivity contribution in [2.24, 2.45) is 0 Å². The van der Waals surface area contributed by atoms with Crippen LogP contribution in [0.1, 0.15) is 51.5 Å². The predicted molar refractivity (Wildman–Crippen MR) is 118 cm³/mol. The van der Waals surface area contributed by atoms with E-state index in [-0.39, 0.29) is 17.9 Å². The first-order chi connectivity index (χ1) is 14.8. The number of hydrogen-bond donors (Lipinski definition) is 1. The molecule has 3 rings (SSSR count). The molecule has 0 radical (unpaired) electrons. The Bertz CT molecular complexity index is 868. The van der Waals surface area contributed by atoms with Crippen LogP contribution in [0.2, 0.25) is 0 Å². The molecule has 8 heteroatoms. The van der Waals surface area contributed by atoms with E-state index >= 15 is 0 Å². The van der Waals surface area contributed by atoms with E-state index in [1.807, 2.05) is 30.9 Å². The van der Waals surface area contributed by atoms with E-state index in [2.05, 4.69) is 46.3 Å². The Morgan fingerprint density at radius 1 is 1.06 bits per heavy atom. The number of benzene rings is 1. The van der Waals surface area contributed by atoms with Crippen LogP contribution in [0.25, 0.3) is 11.4 Å². The molecule has 0 unspecified atom stereocenters. The highest BCUT2D eigenvalue weighted by molar-refractivity contribution is 5.78. The molecule has 2 aromatic rings. The van der Waals surface area contributed by atoms with Gasteiger partial charge in [-0.1, -0.05) is 43.3 Å². The molecule has 0 saturated carbocycles. The highest BCUT2D eigenvalue weighted by atomic mass is 16.5. The molecule has 1 fully saturated rings. The predicted octanol–water partition coefficient (Wildman–Crippen LogP) is 2.46. The number of carbonyl (C=O) groups excluding carboxylic acids is 2. The fourth-order valence-electron chi connectivity index (χ4n) is 3.59. The van der Waals surface area contributed by atoms with Gasteiger partial charge in [-0.25, -0.2) is 0 Å². The molecule has 0 bridgehead atoms. The standard InChI is InChI=1S/C23H33N5O3/c1-16(2)18-5-7-19(8-6-18)23-25-21(31-26-23)9-10-22(30)28-13-11-27(12-14-28)15-20(29)24-17(3)4/h5-8,16-17H,9-15H2,1-4H3,(H,24,29). The summed E-state index contributed by atoms with van der Waals surface area (Å²) in [5.41, 5.74) is 2.17. The first-order valence-electron chi connectivity index (χ1n) is 11.0. The number of piperazine rings is 1. The van der Waals surface area contributed by atoms with Crippen LogP contribution in [0.3, 0.4) is 0 Å². The molecule has 2 heterocycles. The lowest BCUT2D eigenvalue weighted by Gasteiger charge is -2.34. The first kappa shape index (κ1) is 22.9. The van der Waals surface area contributed by atoms with Crippen LogP contribution in [-0.2, 0) is 16.0 Å². The van der Waals surface area contributed by atoms with Gasteiger partial charge in [-0.2, -0.15) is 4.98 Å². The molecule has 168 valence electrons. The van der Waals surface area contributed by atoms with Crippen LogP contribution in [0.5, 0.6) is 0 Å². The van der Waals surface area contributed by atoms with Gasteiger partial charge in [0.25, 0.3) is 0 Å². The van der Waals surface area contributed by atoms with Crippen molar-refractivity contribution in [3.05, 3.63) is 35.7 Å². The maximum Gasteiger partial charge on any atom is 0.234 e. The normalized spacial score (nSPS) is 15.0. The van der Waals surface area contributed by atoms with E-state index in [1.54, 1.807) is 0 Å². The van der Waals surface area contributed by atoms with Crippen LogP contribution in [-0.4, -0.2) is 70.5 Å². The van der Waals surface area contributed by atoms with Gasteiger partial charge in [0.2, 0.25) is 23.5 Å². The Balaban J connectivity index is 1.44. The second-order valence-corrected chi connectivity index (χ2v) is 8.67.